The van der Waals surface area contributed by atoms with Crippen molar-refractivity contribution in [2.45, 2.75) is 17.8 Å². The van der Waals surface area contributed by atoms with Crippen LogP contribution in [-0.2, 0) is 15.8 Å². The molecule has 0 saturated carbocycles. The second kappa shape index (κ2) is 7.22. The maximum absolute atomic E-state index is 12.6. The van der Waals surface area contributed by atoms with E-state index < -0.39 is 28.9 Å². The van der Waals surface area contributed by atoms with E-state index in [1.807, 2.05) is 0 Å². The Balaban J connectivity index is 2.12. The summed E-state index contributed by atoms with van der Waals surface area (Å²) in [6.45, 7) is 0. The van der Waals surface area contributed by atoms with Crippen LogP contribution in [0, 0.1) is 0 Å². The fourth-order valence-electron chi connectivity index (χ4n) is 1.71. The van der Waals surface area contributed by atoms with Crippen LogP contribution in [0.4, 0.5) is 13.2 Å². The molecule has 1 aliphatic rings. The van der Waals surface area contributed by atoms with Crippen molar-refractivity contribution in [2.75, 3.05) is 0 Å². The molecule has 1 unspecified atom stereocenters. The Morgan fingerprint density at radius 3 is 2.79 bits per heavy atom. The monoisotopic (exact) mass is 379 g/mol. The number of thioether (sulfide) groups is 1. The molecule has 24 heavy (non-hydrogen) atoms. The maximum Gasteiger partial charge on any atom is 0.416 e. The molecular formula is C13H9ClF3N3O3S. The summed E-state index contributed by atoms with van der Waals surface area (Å²) in [5.41, 5.74) is -0.877. The quantitative estimate of drug-likeness (QED) is 0.621. The Hall–Kier alpha value is -2.07. The number of nitrogens with one attached hydrogen (secondary N) is 1. The van der Waals surface area contributed by atoms with Gasteiger partial charge in [0.2, 0.25) is 5.91 Å². The van der Waals surface area contributed by atoms with Crippen LogP contribution in [0.5, 0.6) is 0 Å². The van der Waals surface area contributed by atoms with Gasteiger partial charge in [0.1, 0.15) is 5.25 Å². The molecule has 128 valence electrons. The van der Waals surface area contributed by atoms with Crippen molar-refractivity contribution in [3.05, 3.63) is 34.3 Å². The van der Waals surface area contributed by atoms with Gasteiger partial charge in [0.05, 0.1) is 18.2 Å². The predicted octanol–water partition coefficient (Wildman–Crippen LogP) is 2.76. The number of carboxylic acids is 1. The molecule has 6 nitrogen and oxygen atoms in total. The topological polar surface area (TPSA) is 91.1 Å². The minimum Gasteiger partial charge on any atom is -0.481 e. The van der Waals surface area contributed by atoms with Crippen molar-refractivity contribution in [3.63, 3.8) is 0 Å². The fourth-order valence-corrected chi connectivity index (χ4v) is 2.79. The molecule has 1 atom stereocenters. The summed E-state index contributed by atoms with van der Waals surface area (Å²) in [7, 11) is 0. The number of rotatable bonds is 4. The molecular weight excluding hydrogens is 371 g/mol. The van der Waals surface area contributed by atoms with Crippen molar-refractivity contribution in [2.24, 2.45) is 10.2 Å². The number of carbonyl (C=O) groups is 2. The molecule has 1 amide bonds. The van der Waals surface area contributed by atoms with Gasteiger partial charge in [-0.15, -0.1) is 5.10 Å². The van der Waals surface area contributed by atoms with E-state index >= 15 is 0 Å². The first-order valence-electron chi connectivity index (χ1n) is 6.34. The van der Waals surface area contributed by atoms with Gasteiger partial charge in [-0.2, -0.15) is 18.3 Å². The van der Waals surface area contributed by atoms with E-state index in [0.717, 1.165) is 36.2 Å². The number of benzene rings is 1. The van der Waals surface area contributed by atoms with Crippen LogP contribution in [0.2, 0.25) is 5.02 Å². The highest BCUT2D eigenvalue weighted by Gasteiger charge is 2.32. The Morgan fingerprint density at radius 1 is 1.46 bits per heavy atom. The van der Waals surface area contributed by atoms with Crippen LogP contribution >= 0.6 is 23.4 Å². The first-order chi connectivity index (χ1) is 11.2. The molecule has 2 rings (SSSR count). The van der Waals surface area contributed by atoms with Crippen molar-refractivity contribution >= 4 is 46.6 Å². The van der Waals surface area contributed by atoms with Gasteiger partial charge >= 0.3 is 12.1 Å². The number of nitrogens with zero attached hydrogens (tertiary/aromatic N) is 2. The first-order valence-corrected chi connectivity index (χ1v) is 7.59. The average molecular weight is 380 g/mol. The van der Waals surface area contributed by atoms with E-state index in [1.54, 1.807) is 0 Å². The van der Waals surface area contributed by atoms with E-state index in [4.69, 9.17) is 16.7 Å². The van der Waals surface area contributed by atoms with Gasteiger partial charge in [-0.1, -0.05) is 23.4 Å². The van der Waals surface area contributed by atoms with Crippen molar-refractivity contribution in [1.29, 1.82) is 0 Å². The Bertz CT molecular complexity index is 737. The summed E-state index contributed by atoms with van der Waals surface area (Å²) in [5, 5.41) is 17.5. The summed E-state index contributed by atoms with van der Waals surface area (Å²) >= 11 is 6.67. The van der Waals surface area contributed by atoms with Crippen LogP contribution in [0.25, 0.3) is 0 Å². The zero-order valence-electron chi connectivity index (χ0n) is 11.7. The third-order valence-corrected chi connectivity index (χ3v) is 4.22. The molecule has 1 aliphatic heterocycles. The normalized spacial score (nSPS) is 19.9. The summed E-state index contributed by atoms with van der Waals surface area (Å²) in [6.07, 6.45) is -3.88. The van der Waals surface area contributed by atoms with Gasteiger partial charge in [0, 0.05) is 10.6 Å². The average Bonchev–Trinajstić information content (AvgIpc) is 2.79. The predicted molar refractivity (Wildman–Crippen MR) is 83.3 cm³/mol. The minimum atomic E-state index is -4.52. The number of hydrogen-bond acceptors (Lipinski definition) is 5. The molecule has 1 fully saturated rings. The van der Waals surface area contributed by atoms with Crippen molar-refractivity contribution in [1.82, 2.24) is 5.32 Å². The largest absolute Gasteiger partial charge is 0.481 e. The van der Waals surface area contributed by atoms with Gasteiger partial charge in [-0.3, -0.25) is 9.59 Å². The van der Waals surface area contributed by atoms with Crippen LogP contribution in [0.1, 0.15) is 17.5 Å². The Labute approximate surface area is 142 Å². The third-order valence-electron chi connectivity index (χ3n) is 2.81. The van der Waals surface area contributed by atoms with Crippen molar-refractivity contribution in [3.8, 4) is 0 Å². The Kier molecular flexibility index (Phi) is 5.50. The first kappa shape index (κ1) is 18.3. The van der Waals surface area contributed by atoms with Gasteiger partial charge in [-0.05, 0) is 18.2 Å². The second-order valence-electron chi connectivity index (χ2n) is 4.58. The molecule has 0 aromatic heterocycles. The molecule has 1 saturated heterocycles. The molecule has 2 N–H and O–H groups in total. The molecule has 0 spiro atoms. The number of aliphatic carboxylic acids is 1. The van der Waals surface area contributed by atoms with E-state index in [9.17, 15) is 22.8 Å². The molecule has 0 aliphatic carbocycles. The molecule has 1 aromatic rings. The van der Waals surface area contributed by atoms with E-state index in [2.05, 4.69) is 15.5 Å². The van der Waals surface area contributed by atoms with Crippen LogP contribution < -0.4 is 5.32 Å². The van der Waals surface area contributed by atoms with E-state index in [1.165, 1.54) is 0 Å². The molecule has 11 heteroatoms. The lowest BCUT2D eigenvalue weighted by Gasteiger charge is -2.07. The number of halogens is 4. The summed E-state index contributed by atoms with van der Waals surface area (Å²) in [5.74, 6) is -1.66. The zero-order chi connectivity index (χ0) is 17.9. The van der Waals surface area contributed by atoms with Gasteiger partial charge in [0.15, 0.2) is 5.17 Å². The van der Waals surface area contributed by atoms with E-state index in [-0.39, 0.29) is 22.2 Å². The highest BCUT2D eigenvalue weighted by Crippen LogP contribution is 2.31. The molecule has 0 bridgehead atoms. The molecule has 0 radical (unpaired) electrons. The highest BCUT2D eigenvalue weighted by atomic mass is 35.5. The lowest BCUT2D eigenvalue weighted by atomic mass is 10.1. The number of amidine groups is 1. The van der Waals surface area contributed by atoms with Gasteiger partial charge in [0.25, 0.3) is 0 Å². The van der Waals surface area contributed by atoms with E-state index in [0.29, 0.717) is 0 Å². The standard InChI is InChI=1S/C13H9ClF3N3O3S/c14-8-2-1-7(13(15,16)17)3-6(8)5-18-20-12-19-11(23)9(24-12)4-10(21)22/h1-3,5,9H,4H2,(H,21,22)(H,19,20,23). The zero-order valence-corrected chi connectivity index (χ0v) is 13.2. The fraction of sp³-hybridized carbons (Fsp3) is 0.231. The number of amides is 1. The second-order valence-corrected chi connectivity index (χ2v) is 6.18. The van der Waals surface area contributed by atoms with Crippen LogP contribution in [0.15, 0.2) is 28.4 Å². The molecule has 1 heterocycles. The number of hydrogen-bond donors (Lipinski definition) is 2. The smallest absolute Gasteiger partial charge is 0.416 e. The minimum absolute atomic E-state index is 0.00671. The number of carboxylic acid groups (broad SMARTS) is 1. The van der Waals surface area contributed by atoms with Crippen molar-refractivity contribution < 1.29 is 27.9 Å². The maximum atomic E-state index is 12.6. The summed E-state index contributed by atoms with van der Waals surface area (Å²) < 4.78 is 37.9. The summed E-state index contributed by atoms with van der Waals surface area (Å²) in [6, 6.07) is 2.75. The Morgan fingerprint density at radius 2 is 2.17 bits per heavy atom. The van der Waals surface area contributed by atoms with Crippen LogP contribution in [0.3, 0.4) is 0 Å². The number of alkyl halides is 3. The van der Waals surface area contributed by atoms with Crippen LogP contribution in [-0.4, -0.2) is 33.6 Å². The van der Waals surface area contributed by atoms with Gasteiger partial charge in [-0.25, -0.2) is 0 Å². The third kappa shape index (κ3) is 4.71. The summed E-state index contributed by atoms with van der Waals surface area (Å²) in [4.78, 5) is 22.1. The lowest BCUT2D eigenvalue weighted by Crippen LogP contribution is -2.26. The molecule has 1 aromatic carbocycles. The number of carbonyl (C=O) groups excluding carboxylic acids is 1. The highest BCUT2D eigenvalue weighted by molar-refractivity contribution is 8.15. The SMILES string of the molecule is O=C(O)CC1SC(=NN=Cc2cc(C(F)(F)F)ccc2Cl)NC1=O. The lowest BCUT2D eigenvalue weighted by molar-refractivity contribution is -0.138. The van der Waals surface area contributed by atoms with Gasteiger partial charge < -0.3 is 10.4 Å².